The van der Waals surface area contributed by atoms with Crippen molar-refractivity contribution >= 4 is 11.7 Å². The Hall–Kier alpha value is -5.58. The van der Waals surface area contributed by atoms with Crippen molar-refractivity contribution in [2.24, 2.45) is 0 Å². The van der Waals surface area contributed by atoms with Gasteiger partial charge in [0.25, 0.3) is 0 Å². The van der Waals surface area contributed by atoms with Crippen molar-refractivity contribution in [1.82, 2.24) is 0 Å². The van der Waals surface area contributed by atoms with E-state index in [2.05, 4.69) is 84.2 Å². The summed E-state index contributed by atoms with van der Waals surface area (Å²) >= 11 is 0. The van der Waals surface area contributed by atoms with Crippen LogP contribution in [0.5, 0.6) is 11.5 Å². The first-order valence-electron chi connectivity index (χ1n) is 17.1. The Morgan fingerprint density at radius 3 is 1.72 bits per heavy atom. The van der Waals surface area contributed by atoms with Crippen molar-refractivity contribution < 1.29 is 24.1 Å². The minimum absolute atomic E-state index is 0.0206. The molecule has 1 unspecified atom stereocenters. The number of rotatable bonds is 13. The highest BCUT2D eigenvalue weighted by Crippen LogP contribution is 2.43. The quantitative estimate of drug-likeness (QED) is 0.121. The third-order valence-corrected chi connectivity index (χ3v) is 9.41. The first-order valence-corrected chi connectivity index (χ1v) is 17.1. The fourth-order valence-corrected chi connectivity index (χ4v) is 6.78. The summed E-state index contributed by atoms with van der Waals surface area (Å²) in [6, 6.07) is 45.4. The number of benzene rings is 5. The monoisotopic (exact) mass is 666 g/mol. The van der Waals surface area contributed by atoms with Crippen molar-refractivity contribution in [1.29, 1.82) is 5.26 Å². The molecule has 7 nitrogen and oxygen atoms in total. The summed E-state index contributed by atoms with van der Waals surface area (Å²) in [5.41, 5.74) is 2.51. The van der Waals surface area contributed by atoms with Crippen LogP contribution in [0.2, 0.25) is 0 Å². The number of carbonyl (C=O) groups is 1. The number of aliphatic carboxylic acids is 1. The zero-order chi connectivity index (χ0) is 35.0. The Balaban J connectivity index is 1.23. The highest BCUT2D eigenvalue weighted by Gasteiger charge is 2.41. The summed E-state index contributed by atoms with van der Waals surface area (Å²) < 4.78 is 19.7. The predicted molar refractivity (Wildman–Crippen MR) is 194 cm³/mol. The second-order valence-electron chi connectivity index (χ2n) is 12.8. The SMILES string of the molecule is CCOc1cc(OC2CCC(OC(c3ccccc3)(c3ccccc3)c3ccccc3)CC2)cc(C(C)(Nc2ccc(C#N)cc2)C(=O)O)c1. The van der Waals surface area contributed by atoms with E-state index >= 15 is 0 Å². The van der Waals surface area contributed by atoms with Gasteiger partial charge in [-0.15, -0.1) is 0 Å². The molecule has 0 radical (unpaired) electrons. The van der Waals surface area contributed by atoms with Crippen LogP contribution in [0.4, 0.5) is 5.69 Å². The van der Waals surface area contributed by atoms with Crippen LogP contribution in [0.1, 0.15) is 67.3 Å². The fraction of sp³-hybridized carbons (Fsp3) is 0.256. The molecule has 0 aliphatic heterocycles. The summed E-state index contributed by atoms with van der Waals surface area (Å²) in [6.07, 6.45) is 3.03. The van der Waals surface area contributed by atoms with Crippen molar-refractivity contribution in [3.63, 3.8) is 0 Å². The van der Waals surface area contributed by atoms with E-state index in [1.54, 1.807) is 43.3 Å². The molecule has 5 aromatic carbocycles. The number of anilines is 1. The van der Waals surface area contributed by atoms with Crippen LogP contribution in [0.25, 0.3) is 0 Å². The van der Waals surface area contributed by atoms with Gasteiger partial charge in [0, 0.05) is 11.8 Å². The molecule has 1 fully saturated rings. The summed E-state index contributed by atoms with van der Waals surface area (Å²) in [4.78, 5) is 12.8. The standard InChI is InChI=1S/C43H42N2O5/c1-3-48-39-27-35(42(2,41(46)47)45-36-21-19-31(30-44)20-22-36)28-40(29-39)49-37-23-25-38(26-24-37)50-43(32-13-7-4-8-14-32,33-15-9-5-10-16-33)34-17-11-6-12-18-34/h4-22,27-29,37-38,45H,3,23-26H2,1-2H3,(H,46,47). The maximum absolute atomic E-state index is 12.8. The average molecular weight is 667 g/mol. The summed E-state index contributed by atoms with van der Waals surface area (Å²) in [7, 11) is 0. The molecule has 0 spiro atoms. The van der Waals surface area contributed by atoms with Gasteiger partial charge in [-0.25, -0.2) is 4.79 Å². The van der Waals surface area contributed by atoms with Crippen LogP contribution in [-0.4, -0.2) is 29.9 Å². The smallest absolute Gasteiger partial charge is 0.333 e. The molecular formula is C43H42N2O5. The highest BCUT2D eigenvalue weighted by molar-refractivity contribution is 5.84. The van der Waals surface area contributed by atoms with E-state index in [4.69, 9.17) is 14.2 Å². The fourth-order valence-electron chi connectivity index (χ4n) is 6.78. The molecule has 0 bridgehead atoms. The topological polar surface area (TPSA) is 101 Å². The zero-order valence-electron chi connectivity index (χ0n) is 28.4. The van der Waals surface area contributed by atoms with E-state index in [1.807, 2.05) is 31.2 Å². The van der Waals surface area contributed by atoms with Gasteiger partial charge in [0.1, 0.15) is 17.1 Å². The second kappa shape index (κ2) is 15.3. The van der Waals surface area contributed by atoms with E-state index in [9.17, 15) is 15.2 Å². The van der Waals surface area contributed by atoms with E-state index < -0.39 is 17.1 Å². The Morgan fingerprint density at radius 1 is 0.740 bits per heavy atom. The summed E-state index contributed by atoms with van der Waals surface area (Å²) in [5.74, 6) is 0.0268. The Labute approximate surface area is 294 Å². The number of hydrogen-bond acceptors (Lipinski definition) is 6. The third kappa shape index (κ3) is 7.36. The number of ether oxygens (including phenoxy) is 3. The largest absolute Gasteiger partial charge is 0.494 e. The van der Waals surface area contributed by atoms with Gasteiger partial charge >= 0.3 is 5.97 Å². The maximum atomic E-state index is 12.8. The van der Waals surface area contributed by atoms with Crippen molar-refractivity contribution in [3.8, 4) is 17.6 Å². The molecule has 5 aromatic rings. The molecule has 6 rings (SSSR count). The Bertz CT molecular complexity index is 1800. The lowest BCUT2D eigenvalue weighted by Gasteiger charge is -2.41. The van der Waals surface area contributed by atoms with Crippen LogP contribution in [0, 0.1) is 11.3 Å². The van der Waals surface area contributed by atoms with Crippen LogP contribution < -0.4 is 14.8 Å². The number of nitrogens with one attached hydrogen (secondary N) is 1. The molecule has 0 saturated heterocycles. The Kier molecular flexibility index (Phi) is 10.5. The zero-order valence-corrected chi connectivity index (χ0v) is 28.4. The van der Waals surface area contributed by atoms with E-state index in [0.29, 0.717) is 34.9 Å². The van der Waals surface area contributed by atoms with Crippen LogP contribution in [0.3, 0.4) is 0 Å². The van der Waals surface area contributed by atoms with Gasteiger partial charge < -0.3 is 24.6 Å². The molecule has 1 aliphatic carbocycles. The van der Waals surface area contributed by atoms with E-state index in [-0.39, 0.29) is 12.2 Å². The van der Waals surface area contributed by atoms with E-state index in [1.165, 1.54) is 0 Å². The number of hydrogen-bond donors (Lipinski definition) is 2. The molecule has 1 saturated carbocycles. The van der Waals surface area contributed by atoms with Crippen LogP contribution in [0.15, 0.2) is 133 Å². The molecular weight excluding hydrogens is 624 g/mol. The van der Waals surface area contributed by atoms with Crippen LogP contribution in [-0.2, 0) is 20.7 Å². The molecule has 0 heterocycles. The lowest BCUT2D eigenvalue weighted by molar-refractivity contribution is -0.142. The van der Waals surface area contributed by atoms with Gasteiger partial charge in [0.05, 0.1) is 30.4 Å². The van der Waals surface area contributed by atoms with Crippen LogP contribution >= 0.6 is 0 Å². The molecule has 0 aromatic heterocycles. The van der Waals surface area contributed by atoms with Gasteiger partial charge in [-0.05, 0) is 98.2 Å². The van der Waals surface area contributed by atoms with Gasteiger partial charge in [-0.2, -0.15) is 5.26 Å². The molecule has 1 atom stereocenters. The lowest BCUT2D eigenvalue weighted by atomic mass is 9.79. The molecule has 50 heavy (non-hydrogen) atoms. The predicted octanol–water partition coefficient (Wildman–Crippen LogP) is 9.07. The van der Waals surface area contributed by atoms with Crippen molar-refractivity contribution in [2.45, 2.75) is 62.9 Å². The Morgan fingerprint density at radius 2 is 1.24 bits per heavy atom. The van der Waals surface area contributed by atoms with Gasteiger partial charge in [0.15, 0.2) is 5.54 Å². The molecule has 1 aliphatic rings. The summed E-state index contributed by atoms with van der Waals surface area (Å²) in [5, 5.41) is 22.8. The number of nitrogens with zero attached hydrogens (tertiary/aromatic N) is 1. The second-order valence-corrected chi connectivity index (χ2v) is 12.8. The lowest BCUT2D eigenvalue weighted by Crippen LogP contribution is -2.40. The minimum atomic E-state index is -1.50. The molecule has 254 valence electrons. The summed E-state index contributed by atoms with van der Waals surface area (Å²) in [6.45, 7) is 3.92. The third-order valence-electron chi connectivity index (χ3n) is 9.41. The number of carboxylic acid groups (broad SMARTS) is 1. The maximum Gasteiger partial charge on any atom is 0.333 e. The minimum Gasteiger partial charge on any atom is -0.494 e. The van der Waals surface area contributed by atoms with Crippen molar-refractivity contribution in [2.75, 3.05) is 11.9 Å². The first kappa shape index (κ1) is 34.3. The molecule has 2 N–H and O–H groups in total. The first-order chi connectivity index (χ1) is 24.3. The van der Waals surface area contributed by atoms with Gasteiger partial charge in [-0.1, -0.05) is 91.0 Å². The highest BCUT2D eigenvalue weighted by atomic mass is 16.5. The van der Waals surface area contributed by atoms with Gasteiger partial charge in [0.2, 0.25) is 0 Å². The average Bonchev–Trinajstić information content (AvgIpc) is 3.16. The molecule has 0 amide bonds. The number of carboxylic acids is 1. The van der Waals surface area contributed by atoms with Crippen molar-refractivity contribution in [3.05, 3.63) is 161 Å². The molecule has 7 heteroatoms. The van der Waals surface area contributed by atoms with Gasteiger partial charge in [-0.3, -0.25) is 0 Å². The normalized spacial score (nSPS) is 17.1. The van der Waals surface area contributed by atoms with E-state index in [0.717, 1.165) is 42.4 Å². The number of nitriles is 1.